The van der Waals surface area contributed by atoms with Gasteiger partial charge in [0.15, 0.2) is 5.89 Å². The SMILES string of the molecule is Cc1ccc(OC(=O)N(Cc2ccc(OCCc3nc(C)oc3C)cc2)[C@H](C)C(=O)O)cc1. The van der Waals surface area contributed by atoms with Crippen LogP contribution in [0, 0.1) is 20.8 Å². The van der Waals surface area contributed by atoms with Crippen molar-refractivity contribution < 1.29 is 28.6 Å². The summed E-state index contributed by atoms with van der Waals surface area (Å²) in [5, 5.41) is 9.46. The molecule has 0 saturated carbocycles. The summed E-state index contributed by atoms with van der Waals surface area (Å²) in [6.07, 6.45) is -0.105. The summed E-state index contributed by atoms with van der Waals surface area (Å²) in [6, 6.07) is 13.1. The van der Waals surface area contributed by atoms with Crippen molar-refractivity contribution in [3.8, 4) is 11.5 Å². The summed E-state index contributed by atoms with van der Waals surface area (Å²) < 4.78 is 16.6. The molecule has 0 fully saturated rings. The van der Waals surface area contributed by atoms with Crippen molar-refractivity contribution in [3.05, 3.63) is 77.0 Å². The van der Waals surface area contributed by atoms with Crippen molar-refractivity contribution in [1.82, 2.24) is 9.88 Å². The highest BCUT2D eigenvalue weighted by atomic mass is 16.6. The molecule has 0 aliphatic rings. The van der Waals surface area contributed by atoms with Crippen molar-refractivity contribution in [2.24, 2.45) is 0 Å². The third-order valence-electron chi connectivity index (χ3n) is 5.17. The molecule has 0 saturated heterocycles. The van der Waals surface area contributed by atoms with Crippen molar-refractivity contribution in [2.45, 2.75) is 46.7 Å². The number of carbonyl (C=O) groups is 2. The van der Waals surface area contributed by atoms with Gasteiger partial charge in [-0.2, -0.15) is 0 Å². The van der Waals surface area contributed by atoms with Crippen LogP contribution in [0.3, 0.4) is 0 Å². The summed E-state index contributed by atoms with van der Waals surface area (Å²) in [5.74, 6) is 1.32. The van der Waals surface area contributed by atoms with Gasteiger partial charge < -0.3 is 19.0 Å². The van der Waals surface area contributed by atoms with Crippen molar-refractivity contribution >= 4 is 12.1 Å². The zero-order valence-corrected chi connectivity index (χ0v) is 19.2. The number of amides is 1. The molecule has 0 radical (unpaired) electrons. The predicted octanol–water partition coefficient (Wildman–Crippen LogP) is 4.70. The van der Waals surface area contributed by atoms with Crippen LogP contribution >= 0.6 is 0 Å². The average molecular weight is 453 g/mol. The van der Waals surface area contributed by atoms with E-state index in [0.29, 0.717) is 30.4 Å². The Labute approximate surface area is 192 Å². The van der Waals surface area contributed by atoms with Crippen molar-refractivity contribution in [1.29, 1.82) is 0 Å². The van der Waals surface area contributed by atoms with Gasteiger partial charge in [-0.3, -0.25) is 4.90 Å². The second-order valence-electron chi connectivity index (χ2n) is 7.80. The fourth-order valence-corrected chi connectivity index (χ4v) is 3.22. The van der Waals surface area contributed by atoms with Crippen LogP contribution in [-0.2, 0) is 17.8 Å². The smallest absolute Gasteiger partial charge is 0.416 e. The van der Waals surface area contributed by atoms with E-state index in [4.69, 9.17) is 13.9 Å². The Morgan fingerprint density at radius 3 is 2.24 bits per heavy atom. The maximum atomic E-state index is 12.7. The summed E-state index contributed by atoms with van der Waals surface area (Å²) in [4.78, 5) is 29.8. The Balaban J connectivity index is 1.61. The molecule has 1 aromatic heterocycles. The second-order valence-corrected chi connectivity index (χ2v) is 7.80. The van der Waals surface area contributed by atoms with E-state index < -0.39 is 18.1 Å². The third-order valence-corrected chi connectivity index (χ3v) is 5.17. The van der Waals surface area contributed by atoms with Crippen LogP contribution in [0.25, 0.3) is 0 Å². The summed E-state index contributed by atoms with van der Waals surface area (Å²) in [6.45, 7) is 7.57. The molecule has 1 amide bonds. The molecule has 0 bridgehead atoms. The molecule has 0 aliphatic carbocycles. The molecule has 0 unspecified atom stereocenters. The Morgan fingerprint density at radius 2 is 1.67 bits per heavy atom. The van der Waals surface area contributed by atoms with Gasteiger partial charge >= 0.3 is 12.1 Å². The largest absolute Gasteiger partial charge is 0.493 e. The number of hydrogen-bond donors (Lipinski definition) is 1. The number of oxazole rings is 1. The quantitative estimate of drug-likeness (QED) is 0.502. The van der Waals surface area contributed by atoms with E-state index in [9.17, 15) is 14.7 Å². The number of aromatic nitrogens is 1. The first kappa shape index (κ1) is 23.8. The van der Waals surface area contributed by atoms with Crippen LogP contribution in [0.5, 0.6) is 11.5 Å². The van der Waals surface area contributed by atoms with Crippen LogP contribution in [0.15, 0.2) is 52.9 Å². The third kappa shape index (κ3) is 6.58. The monoisotopic (exact) mass is 452 g/mol. The number of carbonyl (C=O) groups excluding carboxylic acids is 1. The van der Waals surface area contributed by atoms with Gasteiger partial charge in [0.2, 0.25) is 0 Å². The fourth-order valence-electron chi connectivity index (χ4n) is 3.22. The Kier molecular flexibility index (Phi) is 7.71. The highest BCUT2D eigenvalue weighted by Gasteiger charge is 2.27. The first-order valence-electron chi connectivity index (χ1n) is 10.7. The zero-order valence-electron chi connectivity index (χ0n) is 19.2. The van der Waals surface area contributed by atoms with Gasteiger partial charge in [-0.1, -0.05) is 29.8 Å². The summed E-state index contributed by atoms with van der Waals surface area (Å²) in [7, 11) is 0. The number of carboxylic acid groups (broad SMARTS) is 1. The number of nitrogens with zero attached hydrogens (tertiary/aromatic N) is 2. The number of ether oxygens (including phenoxy) is 2. The van der Waals surface area contributed by atoms with Crippen LogP contribution < -0.4 is 9.47 Å². The van der Waals surface area contributed by atoms with Crippen molar-refractivity contribution in [2.75, 3.05) is 6.61 Å². The van der Waals surface area contributed by atoms with E-state index in [1.165, 1.54) is 11.8 Å². The fraction of sp³-hybridized carbons (Fsp3) is 0.320. The lowest BCUT2D eigenvalue weighted by atomic mass is 10.2. The minimum Gasteiger partial charge on any atom is -0.493 e. The van der Waals surface area contributed by atoms with E-state index in [2.05, 4.69) is 4.98 Å². The topological polar surface area (TPSA) is 102 Å². The molecule has 1 N–H and O–H groups in total. The molecule has 3 aromatic rings. The van der Waals surface area contributed by atoms with Gasteiger partial charge in [0, 0.05) is 19.9 Å². The van der Waals surface area contributed by atoms with Crippen LogP contribution in [0.1, 0.15) is 35.4 Å². The molecule has 8 nitrogen and oxygen atoms in total. The van der Waals surface area contributed by atoms with Crippen LogP contribution in [-0.4, -0.2) is 39.7 Å². The average Bonchev–Trinajstić information content (AvgIpc) is 3.10. The Hall–Kier alpha value is -3.81. The first-order valence-corrected chi connectivity index (χ1v) is 10.7. The Bertz CT molecular complexity index is 1090. The van der Waals surface area contributed by atoms with E-state index in [0.717, 1.165) is 22.6 Å². The molecule has 174 valence electrons. The van der Waals surface area contributed by atoms with E-state index >= 15 is 0 Å². The van der Waals surface area contributed by atoms with Crippen LogP contribution in [0.4, 0.5) is 4.79 Å². The van der Waals surface area contributed by atoms with E-state index in [1.54, 1.807) is 43.3 Å². The molecule has 1 heterocycles. The zero-order chi connectivity index (χ0) is 24.0. The molecule has 1 atom stereocenters. The molecule has 33 heavy (non-hydrogen) atoms. The maximum Gasteiger partial charge on any atom is 0.416 e. The number of benzene rings is 2. The van der Waals surface area contributed by atoms with Crippen molar-refractivity contribution in [3.63, 3.8) is 0 Å². The van der Waals surface area contributed by atoms with E-state index in [1.807, 2.05) is 26.0 Å². The number of hydrogen-bond acceptors (Lipinski definition) is 6. The number of aliphatic carboxylic acids is 1. The number of aryl methyl sites for hydroxylation is 3. The molecule has 8 heteroatoms. The van der Waals surface area contributed by atoms with Gasteiger partial charge in [-0.25, -0.2) is 14.6 Å². The van der Waals surface area contributed by atoms with Gasteiger partial charge in [0.25, 0.3) is 0 Å². The van der Waals surface area contributed by atoms with Crippen LogP contribution in [0.2, 0.25) is 0 Å². The lowest BCUT2D eigenvalue weighted by Crippen LogP contribution is -2.44. The number of carboxylic acids is 1. The van der Waals surface area contributed by atoms with Gasteiger partial charge in [-0.15, -0.1) is 0 Å². The highest BCUT2D eigenvalue weighted by molar-refractivity contribution is 5.80. The normalized spacial score (nSPS) is 11.6. The second kappa shape index (κ2) is 10.7. The molecule has 3 rings (SSSR count). The Morgan fingerprint density at radius 1 is 1.03 bits per heavy atom. The molecule has 2 aromatic carbocycles. The van der Waals surface area contributed by atoms with Gasteiger partial charge in [0.1, 0.15) is 23.3 Å². The first-order chi connectivity index (χ1) is 15.7. The molecular weight excluding hydrogens is 424 g/mol. The number of rotatable bonds is 9. The predicted molar refractivity (Wildman–Crippen MR) is 121 cm³/mol. The maximum absolute atomic E-state index is 12.7. The molecule has 0 spiro atoms. The lowest BCUT2D eigenvalue weighted by Gasteiger charge is -2.25. The molecule has 0 aliphatic heterocycles. The highest BCUT2D eigenvalue weighted by Crippen LogP contribution is 2.19. The van der Waals surface area contributed by atoms with Gasteiger partial charge in [-0.05, 0) is 50.6 Å². The standard InChI is InChI=1S/C25H28N2O6/c1-16-5-9-22(10-6-16)33-25(30)27(17(2)24(28)29)15-20-7-11-21(12-8-20)31-14-13-23-18(3)32-19(4)26-23/h5-12,17H,13-15H2,1-4H3,(H,28,29)/t17-/m1/s1. The summed E-state index contributed by atoms with van der Waals surface area (Å²) >= 11 is 0. The summed E-state index contributed by atoms with van der Waals surface area (Å²) in [5.41, 5.74) is 2.65. The van der Waals surface area contributed by atoms with Gasteiger partial charge in [0.05, 0.1) is 12.3 Å². The molecular formula is C25H28N2O6. The minimum atomic E-state index is -1.12. The lowest BCUT2D eigenvalue weighted by molar-refractivity contribution is -0.142. The minimum absolute atomic E-state index is 0.0792. The van der Waals surface area contributed by atoms with E-state index in [-0.39, 0.29) is 6.54 Å².